The Morgan fingerprint density at radius 3 is 2.23 bits per heavy atom. The third-order valence-electron chi connectivity index (χ3n) is 4.34. The third kappa shape index (κ3) is 4.75. The van der Waals surface area contributed by atoms with Gasteiger partial charge in [-0.05, 0) is 55.0 Å². The maximum absolute atomic E-state index is 12.8. The van der Waals surface area contributed by atoms with Crippen molar-refractivity contribution < 1.29 is 22.9 Å². The molecule has 0 aliphatic carbocycles. The SMILES string of the molecule is Cc1ccccc1NC(=O)c1ccc(Nc2ccc(C(F)(F)F)cc2[N+](=O)[O-])cc1. The summed E-state index contributed by atoms with van der Waals surface area (Å²) in [5, 5.41) is 16.7. The van der Waals surface area contributed by atoms with Crippen molar-refractivity contribution in [2.45, 2.75) is 13.1 Å². The first-order valence-electron chi connectivity index (χ1n) is 8.75. The van der Waals surface area contributed by atoms with Crippen LogP contribution in [0.15, 0.2) is 66.7 Å². The van der Waals surface area contributed by atoms with Crippen molar-refractivity contribution in [3.8, 4) is 0 Å². The molecular formula is C21H16F3N3O3. The smallest absolute Gasteiger partial charge is 0.350 e. The zero-order valence-electron chi connectivity index (χ0n) is 15.7. The summed E-state index contributed by atoms with van der Waals surface area (Å²) in [6.45, 7) is 1.86. The van der Waals surface area contributed by atoms with E-state index in [0.29, 0.717) is 23.0 Å². The van der Waals surface area contributed by atoms with Crippen LogP contribution in [0.3, 0.4) is 0 Å². The van der Waals surface area contributed by atoms with Gasteiger partial charge in [0.2, 0.25) is 0 Å². The fourth-order valence-electron chi connectivity index (χ4n) is 2.73. The Balaban J connectivity index is 1.78. The number of nitro benzene ring substituents is 1. The van der Waals surface area contributed by atoms with Crippen LogP contribution in [-0.2, 0) is 6.18 Å². The minimum Gasteiger partial charge on any atom is -0.350 e. The van der Waals surface area contributed by atoms with Gasteiger partial charge in [0.05, 0.1) is 10.5 Å². The number of rotatable bonds is 5. The lowest BCUT2D eigenvalue weighted by Gasteiger charge is -2.11. The molecule has 0 aromatic heterocycles. The van der Waals surface area contributed by atoms with Crippen LogP contribution in [0, 0.1) is 17.0 Å². The third-order valence-corrected chi connectivity index (χ3v) is 4.34. The first-order chi connectivity index (χ1) is 14.1. The van der Waals surface area contributed by atoms with Crippen molar-refractivity contribution in [3.63, 3.8) is 0 Å². The second kappa shape index (κ2) is 8.24. The number of nitrogens with zero attached hydrogens (tertiary/aromatic N) is 1. The predicted molar refractivity (Wildman–Crippen MR) is 107 cm³/mol. The van der Waals surface area contributed by atoms with Gasteiger partial charge >= 0.3 is 6.18 Å². The van der Waals surface area contributed by atoms with Crippen LogP contribution in [-0.4, -0.2) is 10.8 Å². The van der Waals surface area contributed by atoms with Crippen LogP contribution in [0.4, 0.5) is 35.9 Å². The van der Waals surface area contributed by atoms with Gasteiger partial charge in [0.25, 0.3) is 11.6 Å². The maximum atomic E-state index is 12.8. The highest BCUT2D eigenvalue weighted by molar-refractivity contribution is 6.04. The molecule has 3 aromatic carbocycles. The summed E-state index contributed by atoms with van der Waals surface area (Å²) in [5.74, 6) is -0.337. The molecule has 3 aromatic rings. The molecule has 0 fully saturated rings. The molecule has 2 N–H and O–H groups in total. The molecule has 0 saturated carbocycles. The second-order valence-electron chi connectivity index (χ2n) is 6.46. The lowest BCUT2D eigenvalue weighted by atomic mass is 10.1. The Hall–Kier alpha value is -3.88. The summed E-state index contributed by atoms with van der Waals surface area (Å²) in [5.41, 5.74) is 0.402. The van der Waals surface area contributed by atoms with Crippen LogP contribution in [0.25, 0.3) is 0 Å². The van der Waals surface area contributed by atoms with Gasteiger partial charge in [-0.25, -0.2) is 0 Å². The van der Waals surface area contributed by atoms with Gasteiger partial charge in [-0.2, -0.15) is 13.2 Å². The molecule has 0 radical (unpaired) electrons. The van der Waals surface area contributed by atoms with E-state index in [2.05, 4.69) is 10.6 Å². The van der Waals surface area contributed by atoms with E-state index in [4.69, 9.17) is 0 Å². The minimum absolute atomic E-state index is 0.0925. The quantitative estimate of drug-likeness (QED) is 0.400. The molecule has 0 saturated heterocycles. The first-order valence-corrected chi connectivity index (χ1v) is 8.75. The maximum Gasteiger partial charge on any atom is 0.416 e. The Bertz CT molecular complexity index is 1100. The highest BCUT2D eigenvalue weighted by atomic mass is 19.4. The first kappa shape index (κ1) is 20.8. The van der Waals surface area contributed by atoms with Crippen molar-refractivity contribution in [3.05, 3.63) is 93.5 Å². The predicted octanol–water partition coefficient (Wildman–Crippen LogP) is 5.92. The van der Waals surface area contributed by atoms with Crippen LogP contribution in [0.2, 0.25) is 0 Å². The summed E-state index contributed by atoms with van der Waals surface area (Å²) in [6, 6.07) is 15.6. The molecule has 3 rings (SSSR count). The molecule has 0 aliphatic heterocycles. The van der Waals surface area contributed by atoms with E-state index in [9.17, 15) is 28.1 Å². The number of anilines is 3. The highest BCUT2D eigenvalue weighted by Crippen LogP contribution is 2.36. The molecule has 0 spiro atoms. The van der Waals surface area contributed by atoms with Crippen LogP contribution < -0.4 is 10.6 Å². The summed E-state index contributed by atoms with van der Waals surface area (Å²) in [6.07, 6.45) is -4.69. The van der Waals surface area contributed by atoms with Gasteiger partial charge < -0.3 is 10.6 Å². The van der Waals surface area contributed by atoms with Crippen molar-refractivity contribution in [2.24, 2.45) is 0 Å². The fraction of sp³-hybridized carbons (Fsp3) is 0.0952. The Labute approximate surface area is 169 Å². The van der Waals surface area contributed by atoms with Gasteiger partial charge in [0.15, 0.2) is 0 Å². The molecule has 30 heavy (non-hydrogen) atoms. The minimum atomic E-state index is -4.69. The number of aryl methyl sites for hydroxylation is 1. The number of nitro groups is 1. The number of para-hydroxylation sites is 1. The Morgan fingerprint density at radius 2 is 1.63 bits per heavy atom. The molecule has 1 amide bonds. The average molecular weight is 415 g/mol. The zero-order chi connectivity index (χ0) is 21.9. The molecule has 0 unspecified atom stereocenters. The molecule has 0 heterocycles. The Morgan fingerprint density at radius 1 is 0.967 bits per heavy atom. The molecular weight excluding hydrogens is 399 g/mol. The lowest BCUT2D eigenvalue weighted by Crippen LogP contribution is -2.12. The van der Waals surface area contributed by atoms with E-state index < -0.39 is 22.4 Å². The number of nitrogens with one attached hydrogen (secondary N) is 2. The number of amides is 1. The molecule has 0 atom stereocenters. The summed E-state index contributed by atoms with van der Waals surface area (Å²) in [7, 11) is 0. The summed E-state index contributed by atoms with van der Waals surface area (Å²) in [4.78, 5) is 22.7. The highest BCUT2D eigenvalue weighted by Gasteiger charge is 2.33. The number of carbonyl (C=O) groups excluding carboxylic acids is 1. The zero-order valence-corrected chi connectivity index (χ0v) is 15.7. The monoisotopic (exact) mass is 415 g/mol. The molecule has 6 nitrogen and oxygen atoms in total. The summed E-state index contributed by atoms with van der Waals surface area (Å²) < 4.78 is 38.4. The number of benzene rings is 3. The molecule has 0 aliphatic rings. The number of hydrogen-bond acceptors (Lipinski definition) is 4. The molecule has 154 valence electrons. The van der Waals surface area contributed by atoms with Crippen molar-refractivity contribution in [1.82, 2.24) is 0 Å². The van der Waals surface area contributed by atoms with Gasteiger partial charge in [-0.3, -0.25) is 14.9 Å². The van der Waals surface area contributed by atoms with Crippen molar-refractivity contribution in [2.75, 3.05) is 10.6 Å². The van der Waals surface area contributed by atoms with E-state index in [1.165, 1.54) is 24.3 Å². The average Bonchev–Trinajstić information content (AvgIpc) is 2.69. The number of halogens is 3. The van der Waals surface area contributed by atoms with Crippen molar-refractivity contribution >= 4 is 28.7 Å². The van der Waals surface area contributed by atoms with E-state index in [1.54, 1.807) is 12.1 Å². The lowest BCUT2D eigenvalue weighted by molar-refractivity contribution is -0.384. The normalized spacial score (nSPS) is 11.1. The van der Waals surface area contributed by atoms with E-state index >= 15 is 0 Å². The second-order valence-corrected chi connectivity index (χ2v) is 6.46. The van der Waals surface area contributed by atoms with Gasteiger partial charge in [0.1, 0.15) is 5.69 Å². The topological polar surface area (TPSA) is 84.3 Å². The number of carbonyl (C=O) groups is 1. The Kier molecular flexibility index (Phi) is 5.72. The standard InChI is InChI=1S/C21H16F3N3O3/c1-13-4-2-3-5-17(13)26-20(28)14-6-9-16(10-7-14)25-18-11-8-15(21(22,23)24)12-19(18)27(29)30/h2-12,25H,1H3,(H,26,28). The van der Waals surface area contributed by atoms with Gasteiger partial charge in [-0.1, -0.05) is 18.2 Å². The van der Waals surface area contributed by atoms with Crippen molar-refractivity contribution in [1.29, 1.82) is 0 Å². The molecule has 9 heteroatoms. The van der Waals surface area contributed by atoms with E-state index in [-0.39, 0.29) is 11.6 Å². The number of hydrogen-bond donors (Lipinski definition) is 2. The van der Waals surface area contributed by atoms with E-state index in [1.807, 2.05) is 19.1 Å². The fourth-order valence-corrected chi connectivity index (χ4v) is 2.73. The summed E-state index contributed by atoms with van der Waals surface area (Å²) >= 11 is 0. The number of alkyl halides is 3. The largest absolute Gasteiger partial charge is 0.416 e. The van der Waals surface area contributed by atoms with Gasteiger partial charge in [-0.15, -0.1) is 0 Å². The molecule has 0 bridgehead atoms. The van der Waals surface area contributed by atoms with E-state index in [0.717, 1.165) is 17.7 Å². The van der Waals surface area contributed by atoms with Crippen LogP contribution in [0.1, 0.15) is 21.5 Å². The van der Waals surface area contributed by atoms with Crippen LogP contribution >= 0.6 is 0 Å². The van der Waals surface area contributed by atoms with Gasteiger partial charge in [0, 0.05) is 23.0 Å². The van der Waals surface area contributed by atoms with Crippen LogP contribution in [0.5, 0.6) is 0 Å².